The fourth-order valence-electron chi connectivity index (χ4n) is 4.01. The number of nitro groups is 1. The molecule has 0 spiro atoms. The summed E-state index contributed by atoms with van der Waals surface area (Å²) in [4.78, 5) is 36.0. The van der Waals surface area contributed by atoms with E-state index in [9.17, 15) is 19.7 Å². The van der Waals surface area contributed by atoms with Crippen molar-refractivity contribution in [2.45, 2.75) is 37.5 Å². The number of nitrogens with one attached hydrogen (secondary N) is 1. The number of non-ortho nitro benzene ring substituents is 1. The molecule has 1 aliphatic carbocycles. The Labute approximate surface area is 174 Å². The van der Waals surface area contributed by atoms with Crippen LogP contribution < -0.4 is 10.1 Å². The van der Waals surface area contributed by atoms with Crippen molar-refractivity contribution in [1.29, 1.82) is 0 Å². The molecule has 1 N–H and O–H groups in total. The largest absolute Gasteiger partial charge is 0.496 e. The lowest BCUT2D eigenvalue weighted by Gasteiger charge is -2.36. The first-order chi connectivity index (χ1) is 14.4. The Kier molecular flexibility index (Phi) is 6.34. The van der Waals surface area contributed by atoms with Gasteiger partial charge in [0.15, 0.2) is 0 Å². The van der Waals surface area contributed by atoms with E-state index in [1.54, 1.807) is 24.3 Å². The van der Waals surface area contributed by atoms with Crippen LogP contribution in [0.25, 0.3) is 0 Å². The summed E-state index contributed by atoms with van der Waals surface area (Å²) in [5.41, 5.74) is 0.632. The van der Waals surface area contributed by atoms with E-state index in [0.29, 0.717) is 24.3 Å². The highest BCUT2D eigenvalue weighted by molar-refractivity contribution is 6.01. The predicted octanol–water partition coefficient (Wildman–Crippen LogP) is 4.23. The van der Waals surface area contributed by atoms with Crippen molar-refractivity contribution in [3.05, 3.63) is 63.7 Å². The summed E-state index contributed by atoms with van der Waals surface area (Å²) in [5.74, 6) is -0.412. The third-order valence-corrected chi connectivity index (χ3v) is 5.64. The minimum Gasteiger partial charge on any atom is -0.496 e. The van der Waals surface area contributed by atoms with Crippen LogP contribution in [0.1, 0.15) is 48.0 Å². The molecule has 1 amide bonds. The van der Waals surface area contributed by atoms with Crippen LogP contribution in [-0.2, 0) is 14.9 Å². The van der Waals surface area contributed by atoms with Gasteiger partial charge in [-0.05, 0) is 36.6 Å². The first-order valence-corrected chi connectivity index (χ1v) is 9.74. The molecular weight excluding hydrogens is 388 g/mol. The molecule has 0 radical (unpaired) electrons. The molecular formula is C22H24N2O6. The monoisotopic (exact) mass is 412 g/mol. The molecule has 158 valence electrons. The van der Waals surface area contributed by atoms with Crippen molar-refractivity contribution in [1.82, 2.24) is 0 Å². The summed E-state index contributed by atoms with van der Waals surface area (Å²) in [6.45, 7) is 0. The van der Waals surface area contributed by atoms with E-state index in [-0.39, 0.29) is 17.2 Å². The van der Waals surface area contributed by atoms with Gasteiger partial charge >= 0.3 is 5.97 Å². The zero-order valence-electron chi connectivity index (χ0n) is 17.0. The van der Waals surface area contributed by atoms with Gasteiger partial charge in [0.25, 0.3) is 5.69 Å². The molecule has 1 aliphatic rings. The molecule has 1 saturated carbocycles. The van der Waals surface area contributed by atoms with Crippen molar-refractivity contribution < 1.29 is 24.0 Å². The summed E-state index contributed by atoms with van der Waals surface area (Å²) >= 11 is 0. The van der Waals surface area contributed by atoms with Gasteiger partial charge in [0.1, 0.15) is 11.3 Å². The number of carbonyl (C=O) groups is 2. The van der Waals surface area contributed by atoms with Crippen molar-refractivity contribution in [2.75, 3.05) is 19.5 Å². The number of esters is 1. The van der Waals surface area contributed by atoms with Gasteiger partial charge in [-0.2, -0.15) is 0 Å². The van der Waals surface area contributed by atoms with Gasteiger partial charge in [-0.1, -0.05) is 31.4 Å². The van der Waals surface area contributed by atoms with E-state index in [4.69, 9.17) is 9.47 Å². The molecule has 0 heterocycles. The fraction of sp³-hybridized carbons (Fsp3) is 0.364. The standard InChI is InChI=1S/C22H24N2O6/c1-29-19-11-8-16(14-18(19)20(25)30-2)23-21(26)22(12-4-3-5-13-22)15-6-9-17(10-7-15)24(27)28/h6-11,14H,3-5,12-13H2,1-2H3,(H,23,26). The number of benzene rings is 2. The van der Waals surface area contributed by atoms with Gasteiger partial charge in [-0.3, -0.25) is 14.9 Å². The predicted molar refractivity (Wildman–Crippen MR) is 111 cm³/mol. The minimum absolute atomic E-state index is 0.0111. The third kappa shape index (κ3) is 4.12. The van der Waals surface area contributed by atoms with Gasteiger partial charge in [-0.15, -0.1) is 0 Å². The van der Waals surface area contributed by atoms with E-state index in [1.807, 2.05) is 0 Å². The second-order valence-electron chi connectivity index (χ2n) is 7.31. The Hall–Kier alpha value is -3.42. The van der Waals surface area contributed by atoms with Crippen LogP contribution in [0.4, 0.5) is 11.4 Å². The van der Waals surface area contributed by atoms with E-state index in [1.165, 1.54) is 32.4 Å². The van der Waals surface area contributed by atoms with Gasteiger partial charge in [0.2, 0.25) is 5.91 Å². The van der Waals surface area contributed by atoms with Crippen LogP contribution in [0.2, 0.25) is 0 Å². The van der Waals surface area contributed by atoms with E-state index in [0.717, 1.165) is 24.8 Å². The second-order valence-corrected chi connectivity index (χ2v) is 7.31. The number of anilines is 1. The molecule has 8 nitrogen and oxygen atoms in total. The average molecular weight is 412 g/mol. The van der Waals surface area contributed by atoms with Crippen LogP contribution in [0.3, 0.4) is 0 Å². The molecule has 0 saturated heterocycles. The summed E-state index contributed by atoms with van der Waals surface area (Å²) in [6.07, 6.45) is 4.12. The lowest BCUT2D eigenvalue weighted by atomic mass is 9.68. The van der Waals surface area contributed by atoms with Crippen LogP contribution in [0.5, 0.6) is 5.75 Å². The van der Waals surface area contributed by atoms with E-state index < -0.39 is 16.3 Å². The number of nitrogens with zero attached hydrogens (tertiary/aromatic N) is 1. The third-order valence-electron chi connectivity index (χ3n) is 5.64. The molecule has 2 aromatic carbocycles. The van der Waals surface area contributed by atoms with Crippen LogP contribution >= 0.6 is 0 Å². The Bertz CT molecular complexity index is 949. The number of amides is 1. The second kappa shape index (κ2) is 8.94. The summed E-state index contributed by atoms with van der Waals surface area (Å²) in [5, 5.41) is 13.9. The lowest BCUT2D eigenvalue weighted by Crippen LogP contribution is -2.42. The lowest BCUT2D eigenvalue weighted by molar-refractivity contribution is -0.384. The number of hydrogen-bond acceptors (Lipinski definition) is 6. The molecule has 1 fully saturated rings. The fourth-order valence-corrected chi connectivity index (χ4v) is 4.01. The maximum absolute atomic E-state index is 13.4. The molecule has 0 bridgehead atoms. The van der Waals surface area contributed by atoms with Gasteiger partial charge < -0.3 is 14.8 Å². The molecule has 0 aliphatic heterocycles. The highest BCUT2D eigenvalue weighted by Gasteiger charge is 2.41. The molecule has 2 aromatic rings. The smallest absolute Gasteiger partial charge is 0.341 e. The van der Waals surface area contributed by atoms with E-state index >= 15 is 0 Å². The van der Waals surface area contributed by atoms with Crippen molar-refractivity contribution >= 4 is 23.3 Å². The number of carbonyl (C=O) groups excluding carboxylic acids is 2. The van der Waals surface area contributed by atoms with Crippen molar-refractivity contribution in [2.24, 2.45) is 0 Å². The number of hydrogen-bond donors (Lipinski definition) is 1. The highest BCUT2D eigenvalue weighted by atomic mass is 16.6. The van der Waals surface area contributed by atoms with Crippen LogP contribution in [0, 0.1) is 10.1 Å². The first kappa shape index (κ1) is 21.3. The normalized spacial score (nSPS) is 15.1. The topological polar surface area (TPSA) is 108 Å². The molecule has 3 rings (SSSR count). The van der Waals surface area contributed by atoms with Crippen LogP contribution in [-0.4, -0.2) is 31.0 Å². The summed E-state index contributed by atoms with van der Waals surface area (Å²) in [7, 11) is 2.73. The zero-order chi connectivity index (χ0) is 21.7. The number of methoxy groups -OCH3 is 2. The molecule has 8 heteroatoms. The summed E-state index contributed by atoms with van der Waals surface area (Å²) < 4.78 is 9.98. The number of rotatable bonds is 6. The Morgan fingerprint density at radius 1 is 1.03 bits per heavy atom. The number of nitro benzene ring substituents is 1. The molecule has 30 heavy (non-hydrogen) atoms. The first-order valence-electron chi connectivity index (χ1n) is 9.74. The van der Waals surface area contributed by atoms with Gasteiger partial charge in [-0.25, -0.2) is 4.79 Å². The highest BCUT2D eigenvalue weighted by Crippen LogP contribution is 2.41. The zero-order valence-corrected chi connectivity index (χ0v) is 17.0. The average Bonchev–Trinajstić information content (AvgIpc) is 2.78. The van der Waals surface area contributed by atoms with Gasteiger partial charge in [0.05, 0.1) is 24.6 Å². The molecule has 0 aromatic heterocycles. The SMILES string of the molecule is COC(=O)c1cc(NC(=O)C2(c3ccc([N+](=O)[O-])cc3)CCCCC2)ccc1OC. The number of ether oxygens (including phenoxy) is 2. The van der Waals surface area contributed by atoms with Crippen LogP contribution in [0.15, 0.2) is 42.5 Å². The maximum atomic E-state index is 13.4. The Balaban J connectivity index is 1.93. The summed E-state index contributed by atoms with van der Waals surface area (Å²) in [6, 6.07) is 11.0. The minimum atomic E-state index is -0.779. The molecule has 0 unspecified atom stereocenters. The van der Waals surface area contributed by atoms with Crippen molar-refractivity contribution in [3.8, 4) is 5.75 Å². The quantitative estimate of drug-likeness (QED) is 0.432. The Morgan fingerprint density at radius 3 is 2.27 bits per heavy atom. The maximum Gasteiger partial charge on any atom is 0.341 e. The molecule has 0 atom stereocenters. The Morgan fingerprint density at radius 2 is 1.70 bits per heavy atom. The van der Waals surface area contributed by atoms with E-state index in [2.05, 4.69) is 5.32 Å². The van der Waals surface area contributed by atoms with Gasteiger partial charge in [0, 0.05) is 17.8 Å². The van der Waals surface area contributed by atoms with Crippen molar-refractivity contribution in [3.63, 3.8) is 0 Å².